The van der Waals surface area contributed by atoms with Crippen molar-refractivity contribution in [2.45, 2.75) is 12.5 Å². The number of hydrogen-bond donors (Lipinski definition) is 0. The summed E-state index contributed by atoms with van der Waals surface area (Å²) in [6.45, 7) is 0.430. The van der Waals surface area contributed by atoms with Gasteiger partial charge in [-0.1, -0.05) is 18.2 Å². The molecule has 1 aliphatic rings. The molecule has 30 heavy (non-hydrogen) atoms. The van der Waals surface area contributed by atoms with Gasteiger partial charge in [-0.2, -0.15) is 0 Å². The number of rotatable bonds is 4. The Kier molecular flexibility index (Phi) is 5.40. The van der Waals surface area contributed by atoms with Crippen LogP contribution in [0.4, 0.5) is 8.78 Å². The first-order valence-corrected chi connectivity index (χ1v) is 9.58. The van der Waals surface area contributed by atoms with Gasteiger partial charge in [0.1, 0.15) is 11.6 Å². The monoisotopic (exact) mass is 409 g/mol. The average molecular weight is 409 g/mol. The number of benzene rings is 3. The molecule has 0 bridgehead atoms. The van der Waals surface area contributed by atoms with Crippen LogP contribution in [0.5, 0.6) is 11.5 Å². The zero-order chi connectivity index (χ0) is 21.3. The number of carbonyl (C=O) groups is 1. The van der Waals surface area contributed by atoms with Gasteiger partial charge in [-0.3, -0.25) is 4.79 Å². The molecule has 4 nitrogen and oxygen atoms in total. The summed E-state index contributed by atoms with van der Waals surface area (Å²) in [4.78, 5) is 15.0. The SMILES string of the molecule is COc1cc2c(cc1OC)C(c1ccc(F)cc1)N(C(=O)c1cccc(F)c1)CC2. The minimum absolute atomic E-state index is 0.269. The van der Waals surface area contributed by atoms with Gasteiger partial charge in [0.25, 0.3) is 5.91 Å². The highest BCUT2D eigenvalue weighted by atomic mass is 19.1. The number of methoxy groups -OCH3 is 2. The van der Waals surface area contributed by atoms with Crippen LogP contribution < -0.4 is 9.47 Å². The van der Waals surface area contributed by atoms with E-state index in [2.05, 4.69) is 0 Å². The van der Waals surface area contributed by atoms with Crippen LogP contribution in [0.3, 0.4) is 0 Å². The molecule has 0 N–H and O–H groups in total. The number of amides is 1. The molecule has 1 atom stereocenters. The largest absolute Gasteiger partial charge is 0.493 e. The molecule has 3 aromatic rings. The lowest BCUT2D eigenvalue weighted by Crippen LogP contribution is -2.40. The molecule has 154 valence electrons. The van der Waals surface area contributed by atoms with Crippen molar-refractivity contribution < 1.29 is 23.0 Å². The Balaban J connectivity index is 1.85. The van der Waals surface area contributed by atoms with E-state index in [1.807, 2.05) is 12.1 Å². The minimum Gasteiger partial charge on any atom is -0.493 e. The first kappa shape index (κ1) is 19.9. The van der Waals surface area contributed by atoms with Crippen LogP contribution in [0.2, 0.25) is 0 Å². The molecule has 0 aromatic heterocycles. The first-order valence-electron chi connectivity index (χ1n) is 9.58. The normalized spacial score (nSPS) is 15.5. The van der Waals surface area contributed by atoms with E-state index in [0.717, 1.165) is 16.7 Å². The third-order valence-corrected chi connectivity index (χ3v) is 5.39. The summed E-state index contributed by atoms with van der Waals surface area (Å²) in [5, 5.41) is 0. The molecule has 3 aromatic carbocycles. The maximum Gasteiger partial charge on any atom is 0.254 e. The molecule has 1 amide bonds. The Morgan fingerprint density at radius 3 is 2.30 bits per heavy atom. The molecule has 0 saturated carbocycles. The van der Waals surface area contributed by atoms with E-state index < -0.39 is 11.9 Å². The minimum atomic E-state index is -0.469. The lowest BCUT2D eigenvalue weighted by Gasteiger charge is -2.38. The number of fused-ring (bicyclic) bond motifs is 1. The van der Waals surface area contributed by atoms with Crippen molar-refractivity contribution in [3.63, 3.8) is 0 Å². The quantitative estimate of drug-likeness (QED) is 0.623. The highest BCUT2D eigenvalue weighted by Crippen LogP contribution is 2.41. The average Bonchev–Trinajstić information content (AvgIpc) is 2.77. The maximum absolute atomic E-state index is 13.7. The van der Waals surface area contributed by atoms with Crippen LogP contribution in [0.15, 0.2) is 60.7 Å². The molecule has 1 aliphatic heterocycles. The molecular weight excluding hydrogens is 388 g/mol. The van der Waals surface area contributed by atoms with Gasteiger partial charge in [-0.25, -0.2) is 8.78 Å². The summed E-state index contributed by atoms with van der Waals surface area (Å²) < 4.78 is 38.2. The van der Waals surface area contributed by atoms with Crippen molar-refractivity contribution >= 4 is 5.91 Å². The number of carbonyl (C=O) groups excluding carboxylic acids is 1. The smallest absolute Gasteiger partial charge is 0.254 e. The Labute approximate surface area is 173 Å². The predicted molar refractivity (Wildman–Crippen MR) is 109 cm³/mol. The Morgan fingerprint density at radius 1 is 0.933 bits per heavy atom. The molecule has 0 spiro atoms. The molecule has 0 fully saturated rings. The lowest BCUT2D eigenvalue weighted by molar-refractivity contribution is 0.0693. The van der Waals surface area contributed by atoms with Crippen molar-refractivity contribution in [1.29, 1.82) is 0 Å². The van der Waals surface area contributed by atoms with Gasteiger partial charge in [0.15, 0.2) is 11.5 Å². The summed E-state index contributed by atoms with van der Waals surface area (Å²) in [7, 11) is 3.12. The van der Waals surface area contributed by atoms with Gasteiger partial charge >= 0.3 is 0 Å². The van der Waals surface area contributed by atoms with Gasteiger partial charge in [-0.05, 0) is 65.6 Å². The van der Waals surface area contributed by atoms with Gasteiger partial charge in [0.05, 0.1) is 20.3 Å². The highest BCUT2D eigenvalue weighted by Gasteiger charge is 2.34. The summed E-state index contributed by atoms with van der Waals surface area (Å²) in [6.07, 6.45) is 0.606. The molecule has 4 rings (SSSR count). The zero-order valence-electron chi connectivity index (χ0n) is 16.7. The van der Waals surface area contributed by atoms with Gasteiger partial charge in [-0.15, -0.1) is 0 Å². The van der Waals surface area contributed by atoms with E-state index in [-0.39, 0.29) is 17.3 Å². The first-order chi connectivity index (χ1) is 14.5. The summed E-state index contributed by atoms with van der Waals surface area (Å²) >= 11 is 0. The zero-order valence-corrected chi connectivity index (χ0v) is 16.7. The Morgan fingerprint density at radius 2 is 1.63 bits per heavy atom. The van der Waals surface area contributed by atoms with Crippen molar-refractivity contribution in [1.82, 2.24) is 4.90 Å². The van der Waals surface area contributed by atoms with E-state index in [1.54, 1.807) is 37.3 Å². The second-order valence-electron chi connectivity index (χ2n) is 7.12. The van der Waals surface area contributed by atoms with Crippen LogP contribution in [0.25, 0.3) is 0 Å². The van der Waals surface area contributed by atoms with E-state index in [4.69, 9.17) is 9.47 Å². The van der Waals surface area contributed by atoms with Crippen molar-refractivity contribution in [2.75, 3.05) is 20.8 Å². The molecule has 0 saturated heterocycles. The second kappa shape index (κ2) is 8.14. The number of halogens is 2. The summed E-state index contributed by atoms with van der Waals surface area (Å²) in [5.41, 5.74) is 2.92. The second-order valence-corrected chi connectivity index (χ2v) is 7.12. The molecule has 0 aliphatic carbocycles. The van der Waals surface area contributed by atoms with Crippen LogP contribution in [0, 0.1) is 11.6 Å². The molecular formula is C24H21F2NO3. The number of hydrogen-bond acceptors (Lipinski definition) is 3. The Bertz CT molecular complexity index is 1080. The fourth-order valence-corrected chi connectivity index (χ4v) is 3.96. The van der Waals surface area contributed by atoms with Crippen LogP contribution in [-0.2, 0) is 6.42 Å². The third-order valence-electron chi connectivity index (χ3n) is 5.39. The van der Waals surface area contributed by atoms with Crippen LogP contribution >= 0.6 is 0 Å². The molecule has 1 heterocycles. The van der Waals surface area contributed by atoms with Gasteiger partial charge in [0.2, 0.25) is 0 Å². The third kappa shape index (κ3) is 3.61. The lowest BCUT2D eigenvalue weighted by atomic mass is 9.87. The standard InChI is InChI=1S/C24H21F2NO3/c1-29-21-13-16-10-11-27(24(28)17-4-3-5-19(26)12-17)23(20(16)14-22(21)30-2)15-6-8-18(25)9-7-15/h3-9,12-14,23H,10-11H2,1-2H3. The molecule has 6 heteroatoms. The van der Waals surface area contributed by atoms with Crippen molar-refractivity contribution in [3.05, 3.63) is 94.6 Å². The van der Waals surface area contributed by atoms with Crippen LogP contribution in [-0.4, -0.2) is 31.6 Å². The Hall–Kier alpha value is -3.41. The topological polar surface area (TPSA) is 38.8 Å². The van der Waals surface area contributed by atoms with Crippen molar-refractivity contribution in [2.24, 2.45) is 0 Å². The van der Waals surface area contributed by atoms with E-state index in [9.17, 15) is 13.6 Å². The van der Waals surface area contributed by atoms with E-state index in [1.165, 1.54) is 30.3 Å². The van der Waals surface area contributed by atoms with E-state index in [0.29, 0.717) is 24.5 Å². The highest BCUT2D eigenvalue weighted by molar-refractivity contribution is 5.95. The molecule has 1 unspecified atom stereocenters. The maximum atomic E-state index is 13.7. The fourth-order valence-electron chi connectivity index (χ4n) is 3.96. The van der Waals surface area contributed by atoms with Crippen molar-refractivity contribution in [3.8, 4) is 11.5 Å². The van der Waals surface area contributed by atoms with Gasteiger partial charge in [0, 0.05) is 12.1 Å². The van der Waals surface area contributed by atoms with E-state index >= 15 is 0 Å². The van der Waals surface area contributed by atoms with Crippen LogP contribution in [0.1, 0.15) is 33.1 Å². The van der Waals surface area contributed by atoms with Gasteiger partial charge < -0.3 is 14.4 Å². The molecule has 0 radical (unpaired) electrons. The predicted octanol–water partition coefficient (Wildman–Crippen LogP) is 4.77. The summed E-state index contributed by atoms with van der Waals surface area (Å²) in [6, 6.07) is 15.0. The number of nitrogens with zero attached hydrogens (tertiary/aromatic N) is 1. The summed E-state index contributed by atoms with van der Waals surface area (Å²) in [5.74, 6) is 0.0415. The fraction of sp³-hybridized carbons (Fsp3) is 0.208. The number of ether oxygens (including phenoxy) is 2.